The number of carboxylic acid groups (broad SMARTS) is 1. The van der Waals surface area contributed by atoms with Crippen LogP contribution in [0.15, 0.2) is 0 Å². The zero-order chi connectivity index (χ0) is 13.5. The summed E-state index contributed by atoms with van der Waals surface area (Å²) in [4.78, 5) is 22.4. The van der Waals surface area contributed by atoms with Crippen molar-refractivity contribution >= 4 is 11.9 Å². The molecule has 0 bridgehead atoms. The van der Waals surface area contributed by atoms with E-state index in [0.717, 1.165) is 12.8 Å². The van der Waals surface area contributed by atoms with E-state index >= 15 is 0 Å². The van der Waals surface area contributed by atoms with Crippen LogP contribution in [0.4, 0.5) is 0 Å². The molecular formula is C13H25NO3. The van der Waals surface area contributed by atoms with E-state index in [1.165, 1.54) is 0 Å². The van der Waals surface area contributed by atoms with Gasteiger partial charge in [0.1, 0.15) is 0 Å². The van der Waals surface area contributed by atoms with Gasteiger partial charge in [0.25, 0.3) is 0 Å². The molecular weight excluding hydrogens is 218 g/mol. The van der Waals surface area contributed by atoms with Gasteiger partial charge in [-0.05, 0) is 26.2 Å². The summed E-state index contributed by atoms with van der Waals surface area (Å²) >= 11 is 0. The van der Waals surface area contributed by atoms with Gasteiger partial charge in [-0.15, -0.1) is 0 Å². The van der Waals surface area contributed by atoms with Crippen LogP contribution in [0, 0.1) is 11.3 Å². The molecule has 0 aromatic carbocycles. The summed E-state index contributed by atoms with van der Waals surface area (Å²) in [6.45, 7) is 7.92. The Morgan fingerprint density at radius 1 is 1.35 bits per heavy atom. The molecule has 0 aromatic heterocycles. The van der Waals surface area contributed by atoms with Crippen molar-refractivity contribution in [3.8, 4) is 0 Å². The molecule has 1 amide bonds. The lowest BCUT2D eigenvalue weighted by atomic mass is 9.89. The summed E-state index contributed by atoms with van der Waals surface area (Å²) in [5.74, 6) is -0.411. The van der Waals surface area contributed by atoms with Gasteiger partial charge in [0.15, 0.2) is 0 Å². The summed E-state index contributed by atoms with van der Waals surface area (Å²) in [5, 5.41) is 11.7. The Hall–Kier alpha value is -1.06. The van der Waals surface area contributed by atoms with Crippen molar-refractivity contribution in [3.05, 3.63) is 0 Å². The van der Waals surface area contributed by atoms with Crippen molar-refractivity contribution in [1.29, 1.82) is 0 Å². The average Bonchev–Trinajstić information content (AvgIpc) is 2.16. The van der Waals surface area contributed by atoms with Crippen molar-refractivity contribution < 1.29 is 14.7 Å². The van der Waals surface area contributed by atoms with Crippen molar-refractivity contribution in [3.63, 3.8) is 0 Å². The van der Waals surface area contributed by atoms with Crippen LogP contribution in [0.2, 0.25) is 0 Å². The Morgan fingerprint density at radius 3 is 2.41 bits per heavy atom. The highest BCUT2D eigenvalue weighted by Gasteiger charge is 2.26. The van der Waals surface area contributed by atoms with E-state index in [1.807, 2.05) is 0 Å². The fraction of sp³-hybridized carbons (Fsp3) is 0.846. The fourth-order valence-electron chi connectivity index (χ4n) is 1.60. The highest BCUT2D eigenvalue weighted by atomic mass is 16.4. The molecule has 4 nitrogen and oxygen atoms in total. The lowest BCUT2D eigenvalue weighted by Gasteiger charge is -2.19. The number of rotatable bonds is 8. The van der Waals surface area contributed by atoms with Crippen LogP contribution < -0.4 is 5.32 Å². The molecule has 1 atom stereocenters. The molecule has 1 unspecified atom stereocenters. The Balaban J connectivity index is 3.82. The number of hydrogen-bond acceptors (Lipinski definition) is 2. The molecule has 0 aliphatic heterocycles. The van der Waals surface area contributed by atoms with E-state index in [1.54, 1.807) is 13.8 Å². The number of carbonyl (C=O) groups is 2. The number of carbonyl (C=O) groups excluding carboxylic acids is 1. The number of nitrogens with one attached hydrogen (secondary N) is 1. The largest absolute Gasteiger partial charge is 0.481 e. The normalized spacial score (nSPS) is 13.2. The first-order chi connectivity index (χ1) is 7.79. The second-order valence-corrected chi connectivity index (χ2v) is 5.39. The minimum atomic E-state index is -0.828. The second kappa shape index (κ2) is 7.30. The molecule has 0 aliphatic carbocycles. The van der Waals surface area contributed by atoms with Gasteiger partial charge in [-0.25, -0.2) is 0 Å². The smallest absolute Gasteiger partial charge is 0.309 e. The van der Waals surface area contributed by atoms with E-state index < -0.39 is 11.4 Å². The average molecular weight is 243 g/mol. The molecule has 0 aromatic rings. The van der Waals surface area contributed by atoms with E-state index in [-0.39, 0.29) is 5.91 Å². The Bertz CT molecular complexity index is 261. The van der Waals surface area contributed by atoms with Crippen molar-refractivity contribution in [2.24, 2.45) is 11.3 Å². The molecule has 4 heteroatoms. The Morgan fingerprint density at radius 2 is 1.94 bits per heavy atom. The number of amides is 1. The maximum atomic E-state index is 11.5. The van der Waals surface area contributed by atoms with Gasteiger partial charge in [0, 0.05) is 13.0 Å². The summed E-state index contributed by atoms with van der Waals surface area (Å²) in [5.41, 5.74) is -0.775. The predicted molar refractivity (Wildman–Crippen MR) is 67.7 cm³/mol. The summed E-state index contributed by atoms with van der Waals surface area (Å²) in [7, 11) is 0. The third-order valence-electron chi connectivity index (χ3n) is 2.97. The molecule has 2 N–H and O–H groups in total. The first-order valence-electron chi connectivity index (χ1n) is 6.29. The van der Waals surface area contributed by atoms with Crippen LogP contribution in [0.5, 0.6) is 0 Å². The van der Waals surface area contributed by atoms with Crippen molar-refractivity contribution in [2.75, 3.05) is 6.54 Å². The SMILES string of the molecule is CCCC(C)CC(=O)NCCC(C)(C)C(=O)O. The Kier molecular flexibility index (Phi) is 6.85. The van der Waals surface area contributed by atoms with Crippen molar-refractivity contribution in [1.82, 2.24) is 5.32 Å². The topological polar surface area (TPSA) is 66.4 Å². The molecule has 0 fully saturated rings. The van der Waals surface area contributed by atoms with Gasteiger partial charge < -0.3 is 10.4 Å². The van der Waals surface area contributed by atoms with E-state index in [9.17, 15) is 9.59 Å². The molecule has 100 valence electrons. The lowest BCUT2D eigenvalue weighted by molar-refractivity contribution is -0.147. The second-order valence-electron chi connectivity index (χ2n) is 5.39. The lowest BCUT2D eigenvalue weighted by Crippen LogP contribution is -2.32. The van der Waals surface area contributed by atoms with Crippen LogP contribution in [0.25, 0.3) is 0 Å². The monoisotopic (exact) mass is 243 g/mol. The quantitative estimate of drug-likeness (QED) is 0.688. The molecule has 0 heterocycles. The van der Waals surface area contributed by atoms with E-state index in [0.29, 0.717) is 25.3 Å². The fourth-order valence-corrected chi connectivity index (χ4v) is 1.60. The van der Waals surface area contributed by atoms with Gasteiger partial charge >= 0.3 is 5.97 Å². The maximum absolute atomic E-state index is 11.5. The van der Waals surface area contributed by atoms with Crippen LogP contribution >= 0.6 is 0 Å². The molecule has 0 saturated carbocycles. The molecule has 17 heavy (non-hydrogen) atoms. The summed E-state index contributed by atoms with van der Waals surface area (Å²) in [6.07, 6.45) is 3.12. The van der Waals surface area contributed by atoms with Crippen LogP contribution in [0.3, 0.4) is 0 Å². The molecule has 0 rings (SSSR count). The van der Waals surface area contributed by atoms with Gasteiger partial charge in [-0.2, -0.15) is 0 Å². The van der Waals surface area contributed by atoms with Gasteiger partial charge in [-0.3, -0.25) is 9.59 Å². The zero-order valence-electron chi connectivity index (χ0n) is 11.4. The van der Waals surface area contributed by atoms with Crippen molar-refractivity contribution in [2.45, 2.75) is 53.4 Å². The minimum absolute atomic E-state index is 0.0205. The molecule has 0 spiro atoms. The highest BCUT2D eigenvalue weighted by molar-refractivity contribution is 5.76. The first kappa shape index (κ1) is 15.9. The number of hydrogen-bond donors (Lipinski definition) is 2. The third kappa shape index (κ3) is 6.97. The third-order valence-corrected chi connectivity index (χ3v) is 2.97. The predicted octanol–water partition coefficient (Wildman–Crippen LogP) is 2.43. The number of carboxylic acids is 1. The summed E-state index contributed by atoms with van der Waals surface area (Å²) in [6, 6.07) is 0. The van der Waals surface area contributed by atoms with Gasteiger partial charge in [-0.1, -0.05) is 26.7 Å². The number of aliphatic carboxylic acids is 1. The molecule has 0 saturated heterocycles. The summed E-state index contributed by atoms with van der Waals surface area (Å²) < 4.78 is 0. The Labute approximate surface area is 104 Å². The highest BCUT2D eigenvalue weighted by Crippen LogP contribution is 2.19. The first-order valence-corrected chi connectivity index (χ1v) is 6.29. The zero-order valence-corrected chi connectivity index (χ0v) is 11.4. The molecule has 0 radical (unpaired) electrons. The van der Waals surface area contributed by atoms with Crippen LogP contribution in [-0.4, -0.2) is 23.5 Å². The standard InChI is InChI=1S/C13H25NO3/c1-5-6-10(2)9-11(15)14-8-7-13(3,4)12(16)17/h10H,5-9H2,1-4H3,(H,14,15)(H,16,17). The van der Waals surface area contributed by atoms with Crippen LogP contribution in [-0.2, 0) is 9.59 Å². The minimum Gasteiger partial charge on any atom is -0.481 e. The van der Waals surface area contributed by atoms with Gasteiger partial charge in [0.05, 0.1) is 5.41 Å². The maximum Gasteiger partial charge on any atom is 0.309 e. The van der Waals surface area contributed by atoms with E-state index in [4.69, 9.17) is 5.11 Å². The molecule has 0 aliphatic rings. The van der Waals surface area contributed by atoms with Crippen LogP contribution in [0.1, 0.15) is 53.4 Å². The van der Waals surface area contributed by atoms with Gasteiger partial charge in [0.2, 0.25) is 5.91 Å². The van der Waals surface area contributed by atoms with E-state index in [2.05, 4.69) is 19.2 Å².